The maximum atomic E-state index is 12.6. The van der Waals surface area contributed by atoms with Gasteiger partial charge in [0.15, 0.2) is 11.5 Å². The highest BCUT2D eigenvalue weighted by Gasteiger charge is 2.15. The second-order valence-electron chi connectivity index (χ2n) is 7.48. The summed E-state index contributed by atoms with van der Waals surface area (Å²) in [5.74, 6) is 0.651. The maximum absolute atomic E-state index is 12.6. The van der Waals surface area contributed by atoms with Gasteiger partial charge in [0.05, 0.1) is 28.4 Å². The predicted molar refractivity (Wildman–Crippen MR) is 138 cm³/mol. The fourth-order valence-corrected chi connectivity index (χ4v) is 3.96. The van der Waals surface area contributed by atoms with Crippen LogP contribution in [0.4, 0.5) is 5.69 Å². The lowest BCUT2D eigenvalue weighted by atomic mass is 10.1. The monoisotopic (exact) mass is 532 g/mol. The number of carbonyl (C=O) groups excluding carboxylic acids is 1. The Balaban J connectivity index is 2.13. The van der Waals surface area contributed by atoms with Gasteiger partial charge in [-0.15, -0.1) is 0 Å². The molecule has 0 radical (unpaired) electrons. The summed E-state index contributed by atoms with van der Waals surface area (Å²) in [7, 11) is 0. The Kier molecular flexibility index (Phi) is 11.9. The number of carbonyl (C=O) groups is 1. The summed E-state index contributed by atoms with van der Waals surface area (Å²) in [4.78, 5) is 12.6. The van der Waals surface area contributed by atoms with E-state index in [1.54, 1.807) is 36.4 Å². The minimum Gasteiger partial charge on any atom is -0.490 e. The van der Waals surface area contributed by atoms with E-state index in [9.17, 15) is 10.1 Å². The van der Waals surface area contributed by atoms with Gasteiger partial charge in [0, 0.05) is 0 Å². The molecule has 0 saturated heterocycles. The first-order valence-corrected chi connectivity index (χ1v) is 12.4. The zero-order chi connectivity index (χ0) is 24.1. The third-order valence-corrected chi connectivity index (χ3v) is 5.79. The first-order chi connectivity index (χ1) is 16.0. The average molecular weight is 534 g/mol. The summed E-state index contributed by atoms with van der Waals surface area (Å²) in [5.41, 5.74) is 1.04. The van der Waals surface area contributed by atoms with Crippen LogP contribution in [-0.4, -0.2) is 19.1 Å². The number of amides is 1. The molecule has 5 nitrogen and oxygen atoms in total. The molecule has 0 aromatic heterocycles. The van der Waals surface area contributed by atoms with Crippen molar-refractivity contribution in [2.24, 2.45) is 0 Å². The molecule has 0 spiro atoms. The van der Waals surface area contributed by atoms with Crippen LogP contribution in [0.25, 0.3) is 6.08 Å². The summed E-state index contributed by atoms with van der Waals surface area (Å²) in [6.07, 6.45) is 8.61. The van der Waals surface area contributed by atoms with E-state index in [0.717, 1.165) is 12.8 Å². The van der Waals surface area contributed by atoms with E-state index < -0.39 is 5.91 Å². The summed E-state index contributed by atoms with van der Waals surface area (Å²) in [6, 6.07) is 12.4. The number of benzene rings is 2. The smallest absolute Gasteiger partial charge is 0.266 e. The Morgan fingerprint density at radius 1 is 1.12 bits per heavy atom. The Hall–Kier alpha value is -2.49. The molecule has 7 heteroatoms. The Morgan fingerprint density at radius 2 is 1.85 bits per heavy atom. The van der Waals surface area contributed by atoms with E-state index in [2.05, 4.69) is 28.2 Å². The number of nitrogens with one attached hydrogen (secondary N) is 1. The van der Waals surface area contributed by atoms with E-state index in [1.807, 2.05) is 13.0 Å². The quantitative estimate of drug-likeness (QED) is 0.162. The molecule has 2 rings (SSSR count). The molecule has 0 atom stereocenters. The fourth-order valence-electron chi connectivity index (χ4n) is 3.20. The summed E-state index contributed by atoms with van der Waals surface area (Å²) in [5, 5.41) is 12.6. The van der Waals surface area contributed by atoms with Crippen molar-refractivity contribution in [3.05, 3.63) is 57.0 Å². The first-order valence-electron chi connectivity index (χ1n) is 11.3. The third kappa shape index (κ3) is 8.75. The summed E-state index contributed by atoms with van der Waals surface area (Å²) < 4.78 is 12.5. The highest BCUT2D eigenvalue weighted by Crippen LogP contribution is 2.38. The molecule has 176 valence electrons. The van der Waals surface area contributed by atoms with Gasteiger partial charge in [0.25, 0.3) is 5.91 Å². The molecule has 0 unspecified atom stereocenters. The van der Waals surface area contributed by atoms with Crippen molar-refractivity contribution in [2.75, 3.05) is 18.5 Å². The molecule has 0 fully saturated rings. The van der Waals surface area contributed by atoms with Crippen LogP contribution in [0.2, 0.25) is 5.02 Å². The van der Waals surface area contributed by atoms with Gasteiger partial charge in [-0.1, -0.05) is 62.8 Å². The molecular weight excluding hydrogens is 504 g/mol. The van der Waals surface area contributed by atoms with Gasteiger partial charge in [0.1, 0.15) is 11.6 Å². The van der Waals surface area contributed by atoms with E-state index in [4.69, 9.17) is 21.1 Å². The second-order valence-corrected chi connectivity index (χ2v) is 8.74. The van der Waals surface area contributed by atoms with Crippen LogP contribution in [0.5, 0.6) is 11.5 Å². The molecule has 0 aliphatic carbocycles. The number of anilines is 1. The Bertz CT molecular complexity index is 1000. The third-order valence-electron chi connectivity index (χ3n) is 4.87. The van der Waals surface area contributed by atoms with E-state index in [-0.39, 0.29) is 5.57 Å². The zero-order valence-corrected chi connectivity index (χ0v) is 21.5. The van der Waals surface area contributed by atoms with Crippen molar-refractivity contribution in [1.82, 2.24) is 0 Å². The lowest BCUT2D eigenvalue weighted by Gasteiger charge is -2.15. The van der Waals surface area contributed by atoms with E-state index in [1.165, 1.54) is 31.8 Å². The predicted octanol–water partition coefficient (Wildman–Crippen LogP) is 7.79. The van der Waals surface area contributed by atoms with Gasteiger partial charge in [0.2, 0.25) is 0 Å². The minimum atomic E-state index is -0.539. The number of hydrogen-bond acceptors (Lipinski definition) is 4. The van der Waals surface area contributed by atoms with Crippen molar-refractivity contribution < 1.29 is 14.3 Å². The lowest BCUT2D eigenvalue weighted by molar-refractivity contribution is -0.112. The first kappa shape index (κ1) is 26.8. The highest BCUT2D eigenvalue weighted by atomic mass is 79.9. The SMILES string of the molecule is CCCCCCCCOc1c(Br)cc(/C=C(\C#N)C(=O)Nc2ccccc2Cl)cc1OCC. The largest absolute Gasteiger partial charge is 0.490 e. The number of rotatable bonds is 13. The Morgan fingerprint density at radius 3 is 2.55 bits per heavy atom. The minimum absolute atomic E-state index is 0.0509. The van der Waals surface area contributed by atoms with Crippen LogP contribution < -0.4 is 14.8 Å². The highest BCUT2D eigenvalue weighted by molar-refractivity contribution is 9.10. The van der Waals surface area contributed by atoms with Gasteiger partial charge < -0.3 is 14.8 Å². The van der Waals surface area contributed by atoms with Gasteiger partial charge in [-0.25, -0.2) is 0 Å². The van der Waals surface area contributed by atoms with Crippen molar-refractivity contribution in [1.29, 1.82) is 5.26 Å². The maximum Gasteiger partial charge on any atom is 0.266 e. The average Bonchev–Trinajstić information content (AvgIpc) is 2.80. The van der Waals surface area contributed by atoms with Gasteiger partial charge in [-0.05, 0) is 65.2 Å². The number of unbranched alkanes of at least 4 members (excludes halogenated alkanes) is 5. The second kappa shape index (κ2) is 14.6. The van der Waals surface area contributed by atoms with Crippen LogP contribution >= 0.6 is 27.5 Å². The standard InChI is InChI=1S/C26H30BrClN2O3/c1-3-5-6-7-8-11-14-33-25-21(27)16-19(17-24(25)32-4-2)15-20(18-29)26(31)30-23-13-10-9-12-22(23)28/h9-10,12-13,15-17H,3-8,11,14H2,1-2H3,(H,30,31)/b20-15+. The number of nitriles is 1. The van der Waals surface area contributed by atoms with Crippen molar-refractivity contribution in [3.63, 3.8) is 0 Å². The van der Waals surface area contributed by atoms with Gasteiger partial charge in [-0.2, -0.15) is 5.26 Å². The van der Waals surface area contributed by atoms with Crippen LogP contribution in [-0.2, 0) is 4.79 Å². The number of ether oxygens (including phenoxy) is 2. The topological polar surface area (TPSA) is 71.3 Å². The number of para-hydroxylation sites is 1. The molecule has 2 aromatic carbocycles. The molecule has 0 aliphatic heterocycles. The zero-order valence-electron chi connectivity index (χ0n) is 19.1. The van der Waals surface area contributed by atoms with Crippen molar-refractivity contribution in [3.8, 4) is 17.6 Å². The van der Waals surface area contributed by atoms with Crippen LogP contribution in [0.3, 0.4) is 0 Å². The lowest BCUT2D eigenvalue weighted by Crippen LogP contribution is -2.13. The molecular formula is C26H30BrClN2O3. The fraction of sp³-hybridized carbons (Fsp3) is 0.385. The normalized spacial score (nSPS) is 11.1. The number of hydrogen-bond donors (Lipinski definition) is 1. The summed E-state index contributed by atoms with van der Waals surface area (Å²) >= 11 is 9.65. The molecule has 33 heavy (non-hydrogen) atoms. The van der Waals surface area contributed by atoms with Crippen LogP contribution in [0.1, 0.15) is 57.9 Å². The number of halogens is 2. The van der Waals surface area contributed by atoms with Gasteiger partial charge >= 0.3 is 0 Å². The molecule has 0 bridgehead atoms. The van der Waals surface area contributed by atoms with Crippen LogP contribution in [0.15, 0.2) is 46.4 Å². The van der Waals surface area contributed by atoms with E-state index >= 15 is 0 Å². The summed E-state index contributed by atoms with van der Waals surface area (Å²) in [6.45, 7) is 5.17. The molecule has 0 heterocycles. The Labute approximate surface area is 209 Å². The molecule has 1 N–H and O–H groups in total. The number of nitrogens with zero attached hydrogens (tertiary/aromatic N) is 1. The molecule has 0 saturated carbocycles. The van der Waals surface area contributed by atoms with Crippen molar-refractivity contribution in [2.45, 2.75) is 52.4 Å². The molecule has 2 aromatic rings. The van der Waals surface area contributed by atoms with Crippen LogP contribution in [0, 0.1) is 11.3 Å². The van der Waals surface area contributed by atoms with E-state index in [0.29, 0.717) is 45.5 Å². The van der Waals surface area contributed by atoms with Crippen molar-refractivity contribution >= 4 is 45.2 Å². The molecule has 0 aliphatic rings. The molecule has 1 amide bonds. The van der Waals surface area contributed by atoms with Gasteiger partial charge in [-0.3, -0.25) is 4.79 Å².